The van der Waals surface area contributed by atoms with E-state index in [-0.39, 0.29) is 11.3 Å². The summed E-state index contributed by atoms with van der Waals surface area (Å²) in [6, 6.07) is 14.2. The third-order valence-electron chi connectivity index (χ3n) is 5.03. The summed E-state index contributed by atoms with van der Waals surface area (Å²) in [6.07, 6.45) is 1.92. The van der Waals surface area contributed by atoms with Crippen molar-refractivity contribution in [1.82, 2.24) is 20.6 Å². The third kappa shape index (κ3) is 5.51. The van der Waals surface area contributed by atoms with Gasteiger partial charge in [0.2, 0.25) is 0 Å². The van der Waals surface area contributed by atoms with Crippen molar-refractivity contribution in [3.63, 3.8) is 0 Å². The molecular weight excluding hydrogens is 408 g/mol. The van der Waals surface area contributed by atoms with Crippen LogP contribution < -0.4 is 21.1 Å². The van der Waals surface area contributed by atoms with Crippen LogP contribution in [0.2, 0.25) is 0 Å². The molecule has 2 amide bonds. The molecule has 0 aliphatic heterocycles. The number of aryl methyl sites for hydroxylation is 2. The summed E-state index contributed by atoms with van der Waals surface area (Å²) >= 11 is 0. The summed E-state index contributed by atoms with van der Waals surface area (Å²) in [5.41, 5.74) is 5.61. The highest BCUT2D eigenvalue weighted by atomic mass is 16.5. The minimum absolute atomic E-state index is 0.0734. The van der Waals surface area contributed by atoms with E-state index in [1.165, 1.54) is 4.68 Å². The summed E-state index contributed by atoms with van der Waals surface area (Å²) in [6.45, 7) is 6.01. The highest BCUT2D eigenvalue weighted by Gasteiger charge is 2.19. The summed E-state index contributed by atoms with van der Waals surface area (Å²) < 4.78 is 6.95. The Kier molecular flexibility index (Phi) is 7.59. The van der Waals surface area contributed by atoms with Crippen molar-refractivity contribution in [2.24, 2.45) is 0 Å². The van der Waals surface area contributed by atoms with Crippen LogP contribution in [0.1, 0.15) is 49.2 Å². The lowest BCUT2D eigenvalue weighted by molar-refractivity contribution is -0.128. The molecule has 8 nitrogen and oxygen atoms in total. The van der Waals surface area contributed by atoms with Gasteiger partial charge < -0.3 is 4.74 Å². The molecule has 0 saturated heterocycles. The van der Waals surface area contributed by atoms with E-state index in [4.69, 9.17) is 4.74 Å². The molecule has 1 unspecified atom stereocenters. The van der Waals surface area contributed by atoms with Gasteiger partial charge in [-0.2, -0.15) is 5.10 Å². The molecule has 1 heterocycles. The van der Waals surface area contributed by atoms with Gasteiger partial charge in [-0.3, -0.25) is 25.2 Å². The molecule has 2 N–H and O–H groups in total. The number of hydrogen-bond donors (Lipinski definition) is 2. The lowest BCUT2D eigenvalue weighted by Gasteiger charge is -2.16. The fourth-order valence-corrected chi connectivity index (χ4v) is 3.29. The normalized spacial score (nSPS) is 11.7. The summed E-state index contributed by atoms with van der Waals surface area (Å²) in [4.78, 5) is 38.0. The van der Waals surface area contributed by atoms with Gasteiger partial charge in [-0.25, -0.2) is 4.68 Å². The zero-order valence-corrected chi connectivity index (χ0v) is 18.6. The van der Waals surface area contributed by atoms with Crippen LogP contribution in [0.3, 0.4) is 0 Å². The topological polar surface area (TPSA) is 102 Å². The lowest BCUT2D eigenvalue weighted by atomic mass is 10.1. The first-order valence-electron chi connectivity index (χ1n) is 10.7. The van der Waals surface area contributed by atoms with Gasteiger partial charge in [0.05, 0.1) is 5.39 Å². The number of amides is 2. The van der Waals surface area contributed by atoms with Gasteiger partial charge in [0.1, 0.15) is 5.75 Å². The molecule has 0 spiro atoms. The predicted octanol–water partition coefficient (Wildman–Crippen LogP) is 3.12. The number of hydrogen-bond acceptors (Lipinski definition) is 5. The van der Waals surface area contributed by atoms with Crippen LogP contribution in [0.15, 0.2) is 53.3 Å². The Balaban J connectivity index is 1.73. The van der Waals surface area contributed by atoms with Crippen molar-refractivity contribution in [2.75, 3.05) is 0 Å². The molecule has 1 atom stereocenters. The van der Waals surface area contributed by atoms with Gasteiger partial charge in [-0.05, 0) is 44.0 Å². The second kappa shape index (κ2) is 10.6. The van der Waals surface area contributed by atoms with Crippen molar-refractivity contribution < 1.29 is 14.3 Å². The largest absolute Gasteiger partial charge is 0.481 e. The smallest absolute Gasteiger partial charge is 0.290 e. The first-order valence-corrected chi connectivity index (χ1v) is 10.7. The van der Waals surface area contributed by atoms with Gasteiger partial charge in [-0.1, -0.05) is 50.1 Å². The number of aromatic nitrogens is 2. The van der Waals surface area contributed by atoms with E-state index in [1.54, 1.807) is 37.3 Å². The van der Waals surface area contributed by atoms with E-state index in [9.17, 15) is 14.4 Å². The molecular formula is C24H28N4O4. The predicted molar refractivity (Wildman–Crippen MR) is 122 cm³/mol. The van der Waals surface area contributed by atoms with Crippen LogP contribution in [0.5, 0.6) is 5.75 Å². The van der Waals surface area contributed by atoms with Crippen LogP contribution in [0, 0.1) is 6.92 Å². The van der Waals surface area contributed by atoms with E-state index >= 15 is 0 Å². The number of carbonyl (C=O) groups excluding carboxylic acids is 2. The fourth-order valence-electron chi connectivity index (χ4n) is 3.29. The molecule has 8 heteroatoms. The lowest BCUT2D eigenvalue weighted by Crippen LogP contribution is -2.47. The molecule has 0 radical (unpaired) electrons. The zero-order chi connectivity index (χ0) is 23.1. The van der Waals surface area contributed by atoms with E-state index in [0.29, 0.717) is 23.1 Å². The van der Waals surface area contributed by atoms with Crippen molar-refractivity contribution in [1.29, 1.82) is 0 Å². The molecule has 168 valence electrons. The maximum absolute atomic E-state index is 12.8. The maximum atomic E-state index is 12.8. The SMILES string of the molecule is CCCCCn1nc(C(=O)NNC(=O)C(C)Oc2cccc(C)c2)c2ccccc2c1=O. The minimum Gasteiger partial charge on any atom is -0.481 e. The van der Waals surface area contributed by atoms with Gasteiger partial charge in [0.25, 0.3) is 17.4 Å². The van der Waals surface area contributed by atoms with Crippen molar-refractivity contribution in [3.05, 3.63) is 70.1 Å². The Bertz CT molecular complexity index is 1170. The average Bonchev–Trinajstić information content (AvgIpc) is 2.79. The number of nitrogens with zero attached hydrogens (tertiary/aromatic N) is 2. The monoisotopic (exact) mass is 436 g/mol. The first-order chi connectivity index (χ1) is 15.4. The number of unbranched alkanes of at least 4 members (excludes halogenated alkanes) is 2. The van der Waals surface area contributed by atoms with Crippen LogP contribution in [0.4, 0.5) is 0 Å². The molecule has 3 rings (SSSR count). The number of nitrogens with one attached hydrogen (secondary N) is 2. The molecule has 0 saturated carbocycles. The number of benzene rings is 2. The molecule has 0 fully saturated rings. The molecule has 32 heavy (non-hydrogen) atoms. The van der Waals surface area contributed by atoms with Crippen molar-refractivity contribution >= 4 is 22.6 Å². The molecule has 0 bridgehead atoms. The van der Waals surface area contributed by atoms with E-state index in [1.807, 2.05) is 25.1 Å². The average molecular weight is 437 g/mol. The second-order valence-corrected chi connectivity index (χ2v) is 7.65. The van der Waals surface area contributed by atoms with Gasteiger partial charge in [0.15, 0.2) is 11.8 Å². The molecule has 1 aromatic heterocycles. The third-order valence-corrected chi connectivity index (χ3v) is 5.03. The quantitative estimate of drug-likeness (QED) is 0.417. The van der Waals surface area contributed by atoms with Crippen molar-refractivity contribution in [2.45, 2.75) is 52.7 Å². The van der Waals surface area contributed by atoms with Crippen LogP contribution in [-0.2, 0) is 11.3 Å². The summed E-state index contributed by atoms with van der Waals surface area (Å²) in [5.74, 6) is -0.562. The maximum Gasteiger partial charge on any atom is 0.290 e. The van der Waals surface area contributed by atoms with Crippen LogP contribution in [0.25, 0.3) is 10.8 Å². The van der Waals surface area contributed by atoms with Gasteiger partial charge in [-0.15, -0.1) is 0 Å². The number of fused-ring (bicyclic) bond motifs is 1. The number of carbonyl (C=O) groups is 2. The number of rotatable bonds is 8. The standard InChI is InChI=1S/C24H28N4O4/c1-4-5-8-14-28-24(31)20-13-7-6-12-19(20)21(27-28)23(30)26-25-22(29)17(3)32-18-11-9-10-16(2)15-18/h6-7,9-13,15,17H,4-5,8,14H2,1-3H3,(H,25,29)(H,26,30). The molecule has 2 aromatic carbocycles. The first kappa shape index (κ1) is 23.0. The molecule has 0 aliphatic carbocycles. The summed E-state index contributed by atoms with van der Waals surface area (Å²) in [7, 11) is 0. The van der Waals surface area contributed by atoms with E-state index < -0.39 is 17.9 Å². The number of hydrazine groups is 1. The zero-order valence-electron chi connectivity index (χ0n) is 18.6. The molecule has 0 aliphatic rings. The van der Waals surface area contributed by atoms with Gasteiger partial charge >= 0.3 is 0 Å². The van der Waals surface area contributed by atoms with Gasteiger partial charge in [0, 0.05) is 11.9 Å². The highest BCUT2D eigenvalue weighted by molar-refractivity contribution is 6.05. The number of ether oxygens (including phenoxy) is 1. The Hall–Kier alpha value is -3.68. The highest BCUT2D eigenvalue weighted by Crippen LogP contribution is 2.15. The minimum atomic E-state index is -0.829. The van der Waals surface area contributed by atoms with E-state index in [2.05, 4.69) is 22.9 Å². The summed E-state index contributed by atoms with van der Waals surface area (Å²) in [5, 5.41) is 5.12. The Morgan fingerprint density at radius 3 is 2.53 bits per heavy atom. The Morgan fingerprint density at radius 2 is 1.81 bits per heavy atom. The fraction of sp³-hybridized carbons (Fsp3) is 0.333. The molecule has 3 aromatic rings. The van der Waals surface area contributed by atoms with Crippen LogP contribution >= 0.6 is 0 Å². The Morgan fingerprint density at radius 1 is 1.06 bits per heavy atom. The second-order valence-electron chi connectivity index (χ2n) is 7.65. The van der Waals surface area contributed by atoms with E-state index in [0.717, 1.165) is 24.8 Å². The van der Waals surface area contributed by atoms with Crippen molar-refractivity contribution in [3.8, 4) is 5.75 Å². The Labute approximate surface area is 186 Å². The van der Waals surface area contributed by atoms with Crippen LogP contribution in [-0.4, -0.2) is 27.7 Å².